The molecule has 0 amide bonds. The van der Waals surface area contributed by atoms with Crippen LogP contribution in [-0.2, 0) is 33.5 Å². The molecule has 0 bridgehead atoms. The highest BCUT2D eigenvalue weighted by Gasteiger charge is 2.38. The van der Waals surface area contributed by atoms with Gasteiger partial charge in [0.05, 0.1) is 7.11 Å². The van der Waals surface area contributed by atoms with Crippen molar-refractivity contribution in [3.63, 3.8) is 0 Å². The van der Waals surface area contributed by atoms with Crippen LogP contribution in [0.4, 0.5) is 39.5 Å². The highest BCUT2D eigenvalue weighted by atomic mass is 79.9. The van der Waals surface area contributed by atoms with E-state index in [-0.39, 0.29) is 25.7 Å². The number of ether oxygens (including phenoxy) is 1. The summed E-state index contributed by atoms with van der Waals surface area (Å²) in [5.41, 5.74) is 5.18. The van der Waals surface area contributed by atoms with Crippen LogP contribution in [-0.4, -0.2) is 86.8 Å². The second kappa shape index (κ2) is 26.5. The minimum absolute atomic E-state index is 0.102. The predicted octanol–water partition coefficient (Wildman–Crippen LogP) is 7.40. The van der Waals surface area contributed by atoms with Crippen molar-refractivity contribution < 1.29 is 83.2 Å². The summed E-state index contributed by atoms with van der Waals surface area (Å²) in [4.78, 5) is 61.8. The SMILES string of the molecule is COC(=O)C(Br)CCCCCC(=O)C(F)(F)F.NC(CCCCCC(=O)C(F)(F)F)C(=O)O.O=C(O)C(Br)CCCCCC(=O)C(F)(F)F. The van der Waals surface area contributed by atoms with Crippen LogP contribution in [0.3, 0.4) is 0 Å². The average molecular weight is 865 g/mol. The first-order chi connectivity index (χ1) is 22.3. The van der Waals surface area contributed by atoms with Crippen LogP contribution < -0.4 is 5.73 Å². The fourth-order valence-corrected chi connectivity index (χ4v) is 4.15. The molecule has 0 spiro atoms. The van der Waals surface area contributed by atoms with E-state index in [1.807, 2.05) is 0 Å². The standard InChI is InChI=1S/C10H14BrF3O3.C9H12BrF3O3.C9H14F3NO3/c1-17-9(16)7(11)5-3-2-4-6-8(15)10(12,13)14;10-6(8(15)16)4-2-1-3-5-7(14)9(11,12)13;10-9(11,12)7(14)5-3-1-2-4-6(13)8(15)16/h7H,2-6H2,1H3;6H,1-5H2,(H,15,16);6H,1-5,13H2,(H,15,16). The van der Waals surface area contributed by atoms with Crippen LogP contribution in [0.15, 0.2) is 0 Å². The number of aliphatic carboxylic acids is 2. The summed E-state index contributed by atoms with van der Waals surface area (Å²) in [5.74, 6) is -7.69. The van der Waals surface area contributed by atoms with Crippen LogP contribution in [0, 0.1) is 0 Å². The lowest BCUT2D eigenvalue weighted by molar-refractivity contribution is -0.171. The molecule has 3 atom stereocenters. The minimum atomic E-state index is -4.77. The quantitative estimate of drug-likeness (QED) is 0.0456. The summed E-state index contributed by atoms with van der Waals surface area (Å²) in [6, 6.07) is -0.988. The number of hydrogen-bond donors (Lipinski definition) is 3. The second-order valence-electron chi connectivity index (χ2n) is 10.3. The van der Waals surface area contributed by atoms with E-state index in [9.17, 15) is 68.3 Å². The maximum absolute atomic E-state index is 11.8. The number of rotatable bonds is 21. The Balaban J connectivity index is -0.000000648. The second-order valence-corrected chi connectivity index (χ2v) is 12.5. The zero-order valence-electron chi connectivity index (χ0n) is 26.3. The topological polar surface area (TPSA) is 178 Å². The molecule has 0 radical (unpaired) electrons. The summed E-state index contributed by atoms with van der Waals surface area (Å²) in [6.45, 7) is 0. The largest absolute Gasteiger partial charge is 0.480 e. The number of esters is 1. The number of carbonyl (C=O) groups excluding carboxylic acids is 4. The molecule has 0 aromatic rings. The maximum Gasteiger partial charge on any atom is 0.449 e. The van der Waals surface area contributed by atoms with Gasteiger partial charge in [-0.2, -0.15) is 39.5 Å². The van der Waals surface area contributed by atoms with Crippen molar-refractivity contribution in [2.75, 3.05) is 7.11 Å². The number of carbonyl (C=O) groups is 6. The van der Waals surface area contributed by atoms with Gasteiger partial charge in [0.1, 0.15) is 15.7 Å². The molecule has 21 heteroatoms. The van der Waals surface area contributed by atoms with Gasteiger partial charge in [0.25, 0.3) is 0 Å². The number of nitrogens with two attached hydrogens (primary N) is 1. The van der Waals surface area contributed by atoms with Gasteiger partial charge in [-0.25, -0.2) is 0 Å². The Bertz CT molecular complexity index is 973. The number of hydrogen-bond acceptors (Lipinski definition) is 8. The average Bonchev–Trinajstić information content (AvgIpc) is 2.98. The number of carboxylic acids is 2. The van der Waals surface area contributed by atoms with Gasteiger partial charge >= 0.3 is 36.4 Å². The van der Waals surface area contributed by atoms with E-state index in [0.717, 1.165) is 0 Å². The highest BCUT2D eigenvalue weighted by Crippen LogP contribution is 2.22. The van der Waals surface area contributed by atoms with Crippen molar-refractivity contribution in [3.05, 3.63) is 0 Å². The zero-order chi connectivity index (χ0) is 39.0. The third-order valence-corrected chi connectivity index (χ3v) is 7.81. The number of methoxy groups -OCH3 is 1. The number of ketones is 3. The zero-order valence-corrected chi connectivity index (χ0v) is 29.5. The molecule has 0 fully saturated rings. The molecule has 0 heterocycles. The number of alkyl halides is 11. The Morgan fingerprint density at radius 3 is 1.12 bits per heavy atom. The first-order valence-corrected chi connectivity index (χ1v) is 16.5. The van der Waals surface area contributed by atoms with Crippen molar-refractivity contribution in [1.82, 2.24) is 0 Å². The molecule has 3 unspecified atom stereocenters. The third-order valence-electron chi connectivity index (χ3n) is 6.13. The molecule has 0 aromatic carbocycles. The molecule has 0 aliphatic heterocycles. The Morgan fingerprint density at radius 2 is 0.857 bits per heavy atom. The monoisotopic (exact) mass is 863 g/mol. The Hall–Kier alpha value is -2.29. The van der Waals surface area contributed by atoms with E-state index >= 15 is 0 Å². The Morgan fingerprint density at radius 1 is 0.551 bits per heavy atom. The normalized spacial score (nSPS) is 13.4. The van der Waals surface area contributed by atoms with Gasteiger partial charge in [0.2, 0.25) is 17.3 Å². The lowest BCUT2D eigenvalue weighted by Crippen LogP contribution is -2.29. The van der Waals surface area contributed by atoms with E-state index in [1.165, 1.54) is 7.11 Å². The molecule has 0 saturated carbocycles. The number of unbranched alkanes of at least 4 members (excludes halogenated alkanes) is 6. The van der Waals surface area contributed by atoms with Crippen LogP contribution >= 0.6 is 31.9 Å². The Labute approximate surface area is 293 Å². The first kappa shape index (κ1) is 51.1. The van der Waals surface area contributed by atoms with E-state index in [0.29, 0.717) is 51.4 Å². The molecule has 4 N–H and O–H groups in total. The molecule has 0 aromatic heterocycles. The minimum Gasteiger partial charge on any atom is -0.480 e. The van der Waals surface area contributed by atoms with Crippen LogP contribution in [0.2, 0.25) is 0 Å². The smallest absolute Gasteiger partial charge is 0.449 e. The molecule has 288 valence electrons. The third kappa shape index (κ3) is 30.3. The predicted molar refractivity (Wildman–Crippen MR) is 163 cm³/mol. The summed E-state index contributed by atoms with van der Waals surface area (Å²) in [6.07, 6.45) is -11.7. The fourth-order valence-electron chi connectivity index (χ4n) is 3.32. The highest BCUT2D eigenvalue weighted by molar-refractivity contribution is 9.10. The van der Waals surface area contributed by atoms with E-state index in [4.69, 9.17) is 15.9 Å². The number of halogens is 11. The van der Waals surface area contributed by atoms with Gasteiger partial charge in [-0.05, 0) is 38.5 Å². The van der Waals surface area contributed by atoms with Gasteiger partial charge < -0.3 is 20.7 Å². The van der Waals surface area contributed by atoms with E-state index in [2.05, 4.69) is 36.6 Å². The summed E-state index contributed by atoms with van der Waals surface area (Å²) >= 11 is 6.00. The van der Waals surface area contributed by atoms with Crippen molar-refractivity contribution in [3.8, 4) is 0 Å². The number of carboxylic acid groups (broad SMARTS) is 2. The first-order valence-electron chi connectivity index (χ1n) is 14.7. The molecule has 0 aliphatic carbocycles. The fraction of sp³-hybridized carbons (Fsp3) is 0.786. The van der Waals surface area contributed by atoms with Crippen molar-refractivity contribution in [2.45, 2.75) is 131 Å². The Kier molecular flexibility index (Phi) is 27.6. The maximum atomic E-state index is 11.8. The molecular weight excluding hydrogens is 825 g/mol. The van der Waals surface area contributed by atoms with Gasteiger partial charge in [-0.1, -0.05) is 70.4 Å². The lowest BCUT2D eigenvalue weighted by Gasteiger charge is -2.07. The number of Topliss-reactive ketones (excluding diaryl/α,β-unsaturated/α-hetero) is 3. The van der Waals surface area contributed by atoms with Gasteiger partial charge in [0.15, 0.2) is 0 Å². The van der Waals surface area contributed by atoms with Crippen LogP contribution in [0.1, 0.15) is 96.3 Å². The molecule has 0 aliphatic rings. The van der Waals surface area contributed by atoms with Gasteiger partial charge in [-0.3, -0.25) is 28.8 Å². The van der Waals surface area contributed by atoms with Gasteiger partial charge in [-0.15, -0.1) is 0 Å². The molecule has 10 nitrogen and oxygen atoms in total. The molecule has 0 rings (SSSR count). The van der Waals surface area contributed by atoms with E-state index < -0.39 is 88.7 Å². The van der Waals surface area contributed by atoms with Gasteiger partial charge in [0, 0.05) is 19.3 Å². The van der Waals surface area contributed by atoms with Crippen molar-refractivity contribution in [1.29, 1.82) is 0 Å². The lowest BCUT2D eigenvalue weighted by atomic mass is 10.1. The molecule has 49 heavy (non-hydrogen) atoms. The van der Waals surface area contributed by atoms with Crippen LogP contribution in [0.25, 0.3) is 0 Å². The molecule has 0 saturated heterocycles. The van der Waals surface area contributed by atoms with Crippen molar-refractivity contribution in [2.24, 2.45) is 5.73 Å². The van der Waals surface area contributed by atoms with Crippen LogP contribution in [0.5, 0.6) is 0 Å². The summed E-state index contributed by atoms with van der Waals surface area (Å²) < 4.78 is 110. The summed E-state index contributed by atoms with van der Waals surface area (Å²) in [7, 11) is 1.26. The summed E-state index contributed by atoms with van der Waals surface area (Å²) in [5, 5.41) is 16.9. The van der Waals surface area contributed by atoms with E-state index in [1.54, 1.807) is 0 Å². The molecular formula is C28H40Br2F9NO9. The van der Waals surface area contributed by atoms with Crippen molar-refractivity contribution >= 4 is 67.1 Å².